The normalized spacial score (nSPS) is 11.0. The van der Waals surface area contributed by atoms with Gasteiger partial charge in [0, 0.05) is 36.3 Å². The zero-order valence-electron chi connectivity index (χ0n) is 15.7. The lowest BCUT2D eigenvalue weighted by molar-refractivity contribution is 0.356. The number of nitrogens with one attached hydrogen (secondary N) is 2. The van der Waals surface area contributed by atoms with Crippen LogP contribution in [-0.4, -0.2) is 50.7 Å². The molecule has 0 saturated heterocycles. The fourth-order valence-electron chi connectivity index (χ4n) is 2.64. The van der Waals surface area contributed by atoms with Gasteiger partial charge in [-0.1, -0.05) is 0 Å². The van der Waals surface area contributed by atoms with E-state index in [9.17, 15) is 8.42 Å². The van der Waals surface area contributed by atoms with Crippen LogP contribution in [0.2, 0.25) is 0 Å². The first-order valence-corrected chi connectivity index (χ1v) is 9.80. The lowest BCUT2D eigenvalue weighted by Crippen LogP contribution is -2.34. The van der Waals surface area contributed by atoms with Crippen LogP contribution in [0.5, 0.6) is 11.5 Å². The zero-order chi connectivity index (χ0) is 20.1. The molecule has 1 aromatic carbocycles. The van der Waals surface area contributed by atoms with Crippen molar-refractivity contribution in [2.45, 2.75) is 0 Å². The van der Waals surface area contributed by atoms with Crippen molar-refractivity contribution < 1.29 is 17.9 Å². The first kappa shape index (κ1) is 22.6. The third-order valence-corrected chi connectivity index (χ3v) is 4.52. The van der Waals surface area contributed by atoms with Gasteiger partial charge in [0.2, 0.25) is 0 Å². The third kappa shape index (κ3) is 5.64. The Morgan fingerprint density at radius 2 is 1.76 bits per heavy atom. The summed E-state index contributed by atoms with van der Waals surface area (Å²) in [6.45, 7) is 0.497. The number of rotatable bonds is 8. The molecule has 3 rings (SSSR count). The van der Waals surface area contributed by atoms with Crippen LogP contribution in [0, 0.1) is 0 Å². The number of halogens is 1. The fourth-order valence-corrected chi connectivity index (χ4v) is 3.02. The minimum absolute atomic E-state index is 0. The van der Waals surface area contributed by atoms with Crippen molar-refractivity contribution in [2.24, 2.45) is 5.14 Å². The van der Waals surface area contributed by atoms with E-state index < -0.39 is 10.2 Å². The second-order valence-electron chi connectivity index (χ2n) is 5.74. The molecule has 0 atom stereocenters. The van der Waals surface area contributed by atoms with Gasteiger partial charge in [0.25, 0.3) is 10.2 Å². The molecular weight excluding hydrogens is 420 g/mol. The molecule has 0 aliphatic carbocycles. The monoisotopic (exact) mass is 440 g/mol. The number of ether oxygens (including phenoxy) is 2. The van der Waals surface area contributed by atoms with Crippen LogP contribution in [0.25, 0.3) is 22.2 Å². The maximum absolute atomic E-state index is 10.8. The van der Waals surface area contributed by atoms with Crippen molar-refractivity contribution in [1.82, 2.24) is 19.7 Å². The van der Waals surface area contributed by atoms with E-state index >= 15 is 0 Å². The van der Waals surface area contributed by atoms with E-state index in [1.54, 1.807) is 32.5 Å². The number of nitrogens with zero attached hydrogens (tertiary/aromatic N) is 3. The fraction of sp³-hybridized carbons (Fsp3) is 0.235. The number of fused-ring (bicyclic) bond motifs is 1. The zero-order valence-corrected chi connectivity index (χ0v) is 17.4. The van der Waals surface area contributed by atoms with E-state index in [0.29, 0.717) is 29.6 Å². The highest BCUT2D eigenvalue weighted by Gasteiger charge is 2.12. The number of anilines is 1. The van der Waals surface area contributed by atoms with Crippen molar-refractivity contribution in [3.8, 4) is 22.8 Å². The van der Waals surface area contributed by atoms with Crippen molar-refractivity contribution in [1.29, 1.82) is 0 Å². The maximum Gasteiger partial charge on any atom is 0.274 e. The predicted octanol–water partition coefficient (Wildman–Crippen LogP) is 1.34. The second-order valence-corrected chi connectivity index (χ2v) is 7.12. The van der Waals surface area contributed by atoms with Crippen LogP contribution in [0.15, 0.2) is 36.8 Å². The van der Waals surface area contributed by atoms with Crippen molar-refractivity contribution in [3.63, 3.8) is 0 Å². The summed E-state index contributed by atoms with van der Waals surface area (Å²) in [7, 11) is -0.558. The van der Waals surface area contributed by atoms with Gasteiger partial charge >= 0.3 is 0 Å². The van der Waals surface area contributed by atoms with Gasteiger partial charge in [-0.2, -0.15) is 8.42 Å². The van der Waals surface area contributed by atoms with E-state index in [4.69, 9.17) is 14.6 Å². The quantitative estimate of drug-likeness (QED) is 0.445. The van der Waals surface area contributed by atoms with Gasteiger partial charge in [-0.05, 0) is 18.2 Å². The molecule has 0 fully saturated rings. The lowest BCUT2D eigenvalue weighted by atomic mass is 10.1. The summed E-state index contributed by atoms with van der Waals surface area (Å²) < 4.78 is 34.5. The van der Waals surface area contributed by atoms with Gasteiger partial charge in [-0.3, -0.25) is 0 Å². The molecular formula is C17H21ClN6O4S. The highest BCUT2D eigenvalue weighted by atomic mass is 35.5. The largest absolute Gasteiger partial charge is 0.493 e. The molecule has 0 amide bonds. The van der Waals surface area contributed by atoms with Gasteiger partial charge in [-0.15, -0.1) is 12.4 Å². The summed E-state index contributed by atoms with van der Waals surface area (Å²) in [5.41, 5.74) is 2.23. The third-order valence-electron chi connectivity index (χ3n) is 3.91. The Hall–Kier alpha value is -2.73. The molecule has 0 aliphatic rings. The lowest BCUT2D eigenvalue weighted by Gasteiger charge is -2.11. The minimum Gasteiger partial charge on any atom is -0.493 e. The molecule has 2 aromatic heterocycles. The van der Waals surface area contributed by atoms with Gasteiger partial charge < -0.3 is 14.8 Å². The van der Waals surface area contributed by atoms with E-state index in [1.807, 2.05) is 12.1 Å². The Kier molecular flexibility index (Phi) is 7.51. The summed E-state index contributed by atoms with van der Waals surface area (Å²) in [5, 5.41) is 8.68. The highest BCUT2D eigenvalue weighted by Crippen LogP contribution is 2.35. The molecule has 0 saturated carbocycles. The average molecular weight is 441 g/mol. The molecule has 0 radical (unpaired) electrons. The van der Waals surface area contributed by atoms with Crippen molar-refractivity contribution >= 4 is 39.3 Å². The number of aromatic nitrogens is 3. The van der Waals surface area contributed by atoms with Crippen LogP contribution in [0.4, 0.5) is 5.82 Å². The van der Waals surface area contributed by atoms with Crippen LogP contribution in [-0.2, 0) is 10.2 Å². The van der Waals surface area contributed by atoms with Gasteiger partial charge in [0.05, 0.1) is 25.4 Å². The Morgan fingerprint density at radius 1 is 1.03 bits per heavy atom. The Balaban J connectivity index is 0.00000300. The molecule has 12 heteroatoms. The van der Waals surface area contributed by atoms with Gasteiger partial charge in [-0.25, -0.2) is 24.8 Å². The summed E-state index contributed by atoms with van der Waals surface area (Å²) in [5.74, 6) is 1.77. The molecule has 3 aromatic rings. The van der Waals surface area contributed by atoms with Crippen molar-refractivity contribution in [2.75, 3.05) is 32.6 Å². The Labute approximate surface area is 174 Å². The molecule has 29 heavy (non-hydrogen) atoms. The van der Waals surface area contributed by atoms with Crippen LogP contribution in [0.1, 0.15) is 0 Å². The highest BCUT2D eigenvalue weighted by molar-refractivity contribution is 7.87. The number of benzene rings is 1. The van der Waals surface area contributed by atoms with E-state index in [0.717, 1.165) is 16.5 Å². The van der Waals surface area contributed by atoms with Crippen LogP contribution in [0.3, 0.4) is 0 Å². The second kappa shape index (κ2) is 9.65. The summed E-state index contributed by atoms with van der Waals surface area (Å²) in [4.78, 5) is 13.0. The van der Waals surface area contributed by atoms with Crippen molar-refractivity contribution in [3.05, 3.63) is 36.8 Å². The number of pyridine rings is 1. The topological polar surface area (TPSA) is 141 Å². The van der Waals surface area contributed by atoms with Gasteiger partial charge in [0.15, 0.2) is 11.5 Å². The SMILES string of the molecule is COc1cc2ncnc(-c3ccc(NCCNS(N)(=O)=O)nc3)c2cc1OC.Cl. The first-order chi connectivity index (χ1) is 13.4. The van der Waals surface area contributed by atoms with Gasteiger partial charge in [0.1, 0.15) is 12.1 Å². The first-order valence-electron chi connectivity index (χ1n) is 8.25. The standard InChI is InChI=1S/C17H20N6O4S.ClH/c1-26-14-7-12-13(8-15(14)27-2)21-10-22-17(12)11-3-4-16(20-9-11)19-5-6-23-28(18,24)25;/h3-4,7-10,23H,5-6H2,1-2H3,(H,19,20)(H2,18,24,25);1H. The molecule has 0 aliphatic heterocycles. The molecule has 0 unspecified atom stereocenters. The minimum atomic E-state index is -3.70. The average Bonchev–Trinajstić information content (AvgIpc) is 2.69. The number of nitrogens with two attached hydrogens (primary N) is 1. The van der Waals surface area contributed by atoms with E-state index in [-0.39, 0.29) is 19.0 Å². The number of hydrogen-bond acceptors (Lipinski definition) is 8. The maximum atomic E-state index is 10.8. The summed E-state index contributed by atoms with van der Waals surface area (Å²) in [6.07, 6.45) is 3.16. The number of methoxy groups -OCH3 is 2. The molecule has 156 valence electrons. The molecule has 10 nitrogen and oxygen atoms in total. The Bertz CT molecular complexity index is 1080. The molecule has 2 heterocycles. The molecule has 4 N–H and O–H groups in total. The van der Waals surface area contributed by atoms with E-state index in [2.05, 4.69) is 25.0 Å². The summed E-state index contributed by atoms with van der Waals surface area (Å²) in [6, 6.07) is 7.26. The molecule has 0 spiro atoms. The predicted molar refractivity (Wildman–Crippen MR) is 113 cm³/mol. The Morgan fingerprint density at radius 3 is 2.38 bits per heavy atom. The van der Waals surface area contributed by atoms with E-state index in [1.165, 1.54) is 6.33 Å². The van der Waals surface area contributed by atoms with Crippen LogP contribution < -0.4 is 24.7 Å². The van der Waals surface area contributed by atoms with Crippen LogP contribution >= 0.6 is 12.4 Å². The number of hydrogen-bond donors (Lipinski definition) is 3. The molecule has 0 bridgehead atoms. The smallest absolute Gasteiger partial charge is 0.274 e. The summed E-state index contributed by atoms with van der Waals surface area (Å²) >= 11 is 0.